The molecule has 2 amide bonds. The van der Waals surface area contributed by atoms with E-state index in [9.17, 15) is 18.4 Å². The van der Waals surface area contributed by atoms with Crippen LogP contribution >= 0.6 is 0 Å². The minimum Gasteiger partial charge on any atom is -0.474 e. The van der Waals surface area contributed by atoms with Crippen LogP contribution in [0.25, 0.3) is 32.9 Å². The number of alkyl halides is 2. The number of halogens is 2. The van der Waals surface area contributed by atoms with E-state index in [1.807, 2.05) is 48.8 Å². The number of carbonyl (C=O) groups is 2. The number of piperidine rings is 2. The number of nitrogens with zero attached hydrogens (tertiary/aromatic N) is 6. The first kappa shape index (κ1) is 39.3. The highest BCUT2D eigenvalue weighted by Gasteiger charge is 2.39. The lowest BCUT2D eigenvalue weighted by molar-refractivity contribution is -0.126. The Bertz CT molecular complexity index is 2800. The van der Waals surface area contributed by atoms with E-state index in [0.29, 0.717) is 35.5 Å². The van der Waals surface area contributed by atoms with Crippen molar-refractivity contribution in [2.24, 2.45) is 7.05 Å². The van der Waals surface area contributed by atoms with Crippen molar-refractivity contribution in [3.63, 3.8) is 0 Å². The number of fused-ring (bicyclic) bond motifs is 4. The van der Waals surface area contributed by atoms with Gasteiger partial charge >= 0.3 is 6.11 Å². The molecule has 314 valence electrons. The van der Waals surface area contributed by atoms with Gasteiger partial charge in [0.25, 0.3) is 5.91 Å². The van der Waals surface area contributed by atoms with Crippen LogP contribution in [0, 0.1) is 11.8 Å². The third-order valence-electron chi connectivity index (χ3n) is 12.3. The lowest BCUT2D eigenvalue weighted by Crippen LogP contribution is -2.49. The summed E-state index contributed by atoms with van der Waals surface area (Å²) < 4.78 is 49.8. The van der Waals surface area contributed by atoms with E-state index >= 15 is 0 Å². The smallest absolute Gasteiger partial charge is 0.469 e. The summed E-state index contributed by atoms with van der Waals surface area (Å²) in [5, 5.41) is 5.00. The maximum Gasteiger partial charge on any atom is 0.469 e. The monoisotopic (exact) mass is 835 g/mol. The minimum absolute atomic E-state index is 0.0529. The number of allylic oxidation sites excluding steroid dienone is 1. The molecule has 0 radical (unpaired) electrons. The molecule has 1 saturated carbocycles. The summed E-state index contributed by atoms with van der Waals surface area (Å²) >= 11 is 0. The van der Waals surface area contributed by atoms with E-state index in [-0.39, 0.29) is 48.1 Å². The number of ether oxygens (including phenoxy) is 3. The number of rotatable bonds is 9. The second-order valence-electron chi connectivity index (χ2n) is 16.4. The van der Waals surface area contributed by atoms with Crippen LogP contribution < -0.4 is 19.7 Å². The van der Waals surface area contributed by atoms with E-state index in [2.05, 4.69) is 67.5 Å². The van der Waals surface area contributed by atoms with Crippen LogP contribution in [0.5, 0.6) is 11.6 Å². The third kappa shape index (κ3) is 7.80. The first-order valence-corrected chi connectivity index (χ1v) is 20.9. The van der Waals surface area contributed by atoms with Gasteiger partial charge in [0.1, 0.15) is 23.6 Å². The predicted molar refractivity (Wildman–Crippen MR) is 229 cm³/mol. The zero-order chi connectivity index (χ0) is 42.5. The fourth-order valence-electron chi connectivity index (χ4n) is 8.96. The fourth-order valence-corrected chi connectivity index (χ4v) is 8.96. The number of aromatic nitrogens is 4. The molecule has 62 heavy (non-hydrogen) atoms. The van der Waals surface area contributed by atoms with E-state index in [0.717, 1.165) is 72.0 Å². The molecule has 3 fully saturated rings. The summed E-state index contributed by atoms with van der Waals surface area (Å²) in [6.07, 6.45) is 7.90. The summed E-state index contributed by atoms with van der Waals surface area (Å²) in [6, 6.07) is 19.5. The molecular weight excluding hydrogens is 793 g/mol. The number of hydrogen-bond acceptors (Lipinski definition) is 9. The van der Waals surface area contributed by atoms with Crippen LogP contribution in [-0.4, -0.2) is 79.8 Å². The van der Waals surface area contributed by atoms with Gasteiger partial charge in [0, 0.05) is 115 Å². The maximum atomic E-state index is 15.0. The topological polar surface area (TPSA) is 124 Å². The second kappa shape index (κ2) is 15.9. The van der Waals surface area contributed by atoms with Crippen LogP contribution in [0.4, 0.5) is 14.5 Å². The van der Waals surface area contributed by atoms with Crippen molar-refractivity contribution in [3.8, 4) is 34.6 Å². The van der Waals surface area contributed by atoms with Gasteiger partial charge in [-0.3, -0.25) is 14.6 Å². The molecule has 12 nitrogen and oxygen atoms in total. The molecule has 1 aliphatic carbocycles. The highest BCUT2D eigenvalue weighted by Crippen LogP contribution is 2.35. The molecule has 1 atom stereocenters. The predicted octanol–water partition coefficient (Wildman–Crippen LogP) is 7.55. The Balaban J connectivity index is 0.681. The molecule has 6 aromatic rings. The van der Waals surface area contributed by atoms with Gasteiger partial charge in [-0.2, -0.15) is 8.78 Å². The molecule has 2 aromatic carbocycles. The molecule has 10 rings (SSSR count). The van der Waals surface area contributed by atoms with Crippen LogP contribution in [0.3, 0.4) is 0 Å². The summed E-state index contributed by atoms with van der Waals surface area (Å²) in [5.41, 5.74) is 6.90. The molecule has 14 heteroatoms. The molecule has 0 spiro atoms. The lowest BCUT2D eigenvalue weighted by Gasteiger charge is -2.40. The second-order valence-corrected chi connectivity index (χ2v) is 16.4. The van der Waals surface area contributed by atoms with Crippen molar-refractivity contribution < 1.29 is 32.6 Å². The number of hydrogen-bond donors (Lipinski definition) is 1. The average Bonchev–Trinajstić information content (AvgIpc) is 3.74. The largest absolute Gasteiger partial charge is 0.474 e. The van der Waals surface area contributed by atoms with Gasteiger partial charge in [0.15, 0.2) is 0 Å². The van der Waals surface area contributed by atoms with Crippen molar-refractivity contribution in [2.75, 3.05) is 18.0 Å². The van der Waals surface area contributed by atoms with Gasteiger partial charge in [-0.25, -0.2) is 9.97 Å². The number of pyridine rings is 3. The van der Waals surface area contributed by atoms with Crippen LogP contribution in [0.1, 0.15) is 60.1 Å². The number of amides is 2. The summed E-state index contributed by atoms with van der Waals surface area (Å²) in [7, 11) is 2.07. The Morgan fingerprint density at radius 1 is 0.855 bits per heavy atom. The quantitative estimate of drug-likeness (QED) is 0.147. The molecule has 2 saturated heterocycles. The fraction of sp³-hybridized carbons (Fsp3) is 0.312. The lowest BCUT2D eigenvalue weighted by atomic mass is 9.91. The first-order chi connectivity index (χ1) is 30.0. The Labute approximate surface area is 356 Å². The Hall–Kier alpha value is -6.85. The minimum atomic E-state index is -3.83. The summed E-state index contributed by atoms with van der Waals surface area (Å²) in [6.45, 7) is 5.38. The van der Waals surface area contributed by atoms with Crippen molar-refractivity contribution in [1.29, 1.82) is 0 Å². The highest BCUT2D eigenvalue weighted by molar-refractivity contribution is 6.08. The van der Waals surface area contributed by atoms with Gasteiger partial charge in [0.05, 0.1) is 17.7 Å². The normalized spacial score (nSPS) is 20.4. The van der Waals surface area contributed by atoms with Crippen molar-refractivity contribution in [1.82, 2.24) is 29.7 Å². The Morgan fingerprint density at radius 3 is 2.50 bits per heavy atom. The SMILES string of the molecule is C=C1CCC(N2Cc3cc(OC(F)(F)C#Cc4cc(N5CCC(OC6CC(Oc7ccc(-c8ccc9c%10cnccc%10n(C)c9c8)cn7)C6)CC5)ccn4)ccc3C2=O)C(=O)N1. The number of nitrogens with one attached hydrogen (secondary N) is 1. The molecule has 4 aliphatic rings. The van der Waals surface area contributed by atoms with Crippen molar-refractivity contribution in [2.45, 2.75) is 75.5 Å². The van der Waals surface area contributed by atoms with Gasteiger partial charge < -0.3 is 33.9 Å². The maximum absolute atomic E-state index is 15.0. The average molecular weight is 836 g/mol. The van der Waals surface area contributed by atoms with Gasteiger partial charge in [-0.15, -0.1) is 0 Å². The molecule has 3 aliphatic heterocycles. The zero-order valence-electron chi connectivity index (χ0n) is 34.0. The van der Waals surface area contributed by atoms with Crippen molar-refractivity contribution >= 4 is 39.3 Å². The van der Waals surface area contributed by atoms with Gasteiger partial charge in [0.2, 0.25) is 11.8 Å². The molecule has 4 aromatic heterocycles. The summed E-state index contributed by atoms with van der Waals surface area (Å²) in [5.74, 6) is 4.23. The number of carbonyl (C=O) groups excluding carboxylic acids is 2. The van der Waals surface area contributed by atoms with Gasteiger partial charge in [-0.05, 0) is 91.3 Å². The van der Waals surface area contributed by atoms with E-state index < -0.39 is 12.2 Å². The number of aryl methyl sites for hydroxylation is 1. The van der Waals surface area contributed by atoms with Crippen LogP contribution in [0.15, 0.2) is 104 Å². The molecular formula is C48H43F2N7O5. The molecule has 0 bridgehead atoms. The Morgan fingerprint density at radius 2 is 1.69 bits per heavy atom. The third-order valence-corrected chi connectivity index (χ3v) is 12.3. The standard InChI is InChI=1S/C48H43F2N7O5/c1-29-3-9-43(46(58)54-29)57-28-32-21-36(6-8-39(32)47(57)59)62-48(49,50)16-11-33-23-34(12-18-52-33)56-19-14-35(15-20-56)60-37-24-38(25-37)61-45-10-5-31(26-53-45)30-4-7-40-41-27-51-17-13-42(41)55(2)44(40)22-30/h4-8,10,12-13,17-18,21-23,26-27,35,37-38,43H,1,3,9,14-15,19-20,24-25,28H2,2H3,(H,54,58). The van der Waals surface area contributed by atoms with Crippen LogP contribution in [0.2, 0.25) is 0 Å². The summed E-state index contributed by atoms with van der Waals surface area (Å²) in [4.78, 5) is 42.3. The van der Waals surface area contributed by atoms with Crippen molar-refractivity contribution in [3.05, 3.63) is 121 Å². The number of anilines is 1. The van der Waals surface area contributed by atoms with Gasteiger partial charge in [-0.1, -0.05) is 18.7 Å². The van der Waals surface area contributed by atoms with E-state index in [1.54, 1.807) is 12.3 Å². The first-order valence-electron chi connectivity index (χ1n) is 20.9. The highest BCUT2D eigenvalue weighted by atomic mass is 19.3. The zero-order valence-corrected chi connectivity index (χ0v) is 34.0. The number of benzene rings is 2. The van der Waals surface area contributed by atoms with E-state index in [4.69, 9.17) is 14.2 Å². The van der Waals surface area contributed by atoms with Crippen LogP contribution in [-0.2, 0) is 23.1 Å². The molecule has 7 heterocycles. The molecule has 1 N–H and O–H groups in total. The Kier molecular flexibility index (Phi) is 10.1. The molecule has 1 unspecified atom stereocenters. The van der Waals surface area contributed by atoms with E-state index in [1.165, 1.54) is 28.5 Å².